The highest BCUT2D eigenvalue weighted by atomic mass is 16.2. The number of aldehydes is 1. The maximum Gasteiger partial charge on any atom is 0.378 e. The average molecular weight is 246 g/mol. The molecule has 1 amide bonds. The van der Waals surface area contributed by atoms with E-state index in [4.69, 9.17) is 5.73 Å². The van der Waals surface area contributed by atoms with E-state index in [2.05, 4.69) is 0 Å². The minimum Gasteiger partial charge on any atom is -0.316 e. The fraction of sp³-hybridized carbons (Fsp3) is 0.429. The van der Waals surface area contributed by atoms with Crippen molar-refractivity contribution in [3.8, 4) is 0 Å². The number of carbonyl (C=O) groups is 2. The fourth-order valence-corrected chi connectivity index (χ4v) is 2.38. The van der Waals surface area contributed by atoms with Crippen molar-refractivity contribution in [1.82, 2.24) is 4.90 Å². The second-order valence-electron chi connectivity index (χ2n) is 4.67. The van der Waals surface area contributed by atoms with Crippen LogP contribution in [-0.2, 0) is 16.0 Å². The van der Waals surface area contributed by atoms with Crippen molar-refractivity contribution in [3.63, 3.8) is 0 Å². The molecule has 1 aromatic rings. The Bertz CT molecular complexity index is 419. The second-order valence-corrected chi connectivity index (χ2v) is 4.67. The van der Waals surface area contributed by atoms with Crippen LogP contribution in [0, 0.1) is 0 Å². The Balaban J connectivity index is 1.98. The van der Waals surface area contributed by atoms with Gasteiger partial charge < -0.3 is 5.73 Å². The molecule has 1 aliphatic rings. The molecule has 1 aromatic carbocycles. The van der Waals surface area contributed by atoms with Crippen molar-refractivity contribution in [2.45, 2.75) is 31.3 Å². The van der Waals surface area contributed by atoms with Gasteiger partial charge in [-0.3, -0.25) is 4.79 Å². The zero-order valence-electron chi connectivity index (χ0n) is 10.3. The van der Waals surface area contributed by atoms with Crippen LogP contribution in [0.1, 0.15) is 18.4 Å². The lowest BCUT2D eigenvalue weighted by Crippen LogP contribution is -2.51. The molecule has 4 nitrogen and oxygen atoms in total. The number of hydrogen-bond acceptors (Lipinski definition) is 3. The second kappa shape index (κ2) is 5.89. The Morgan fingerprint density at radius 2 is 2.17 bits per heavy atom. The van der Waals surface area contributed by atoms with E-state index in [1.165, 1.54) is 0 Å². The van der Waals surface area contributed by atoms with Crippen molar-refractivity contribution < 1.29 is 9.59 Å². The van der Waals surface area contributed by atoms with Gasteiger partial charge in [-0.15, -0.1) is 0 Å². The van der Waals surface area contributed by atoms with Gasteiger partial charge in [0.05, 0.1) is 0 Å². The van der Waals surface area contributed by atoms with Crippen LogP contribution < -0.4 is 10.6 Å². The van der Waals surface area contributed by atoms with Crippen LogP contribution in [0.3, 0.4) is 0 Å². The molecule has 1 aliphatic heterocycles. The molecule has 0 aliphatic carbocycles. The Morgan fingerprint density at radius 3 is 2.83 bits per heavy atom. The lowest BCUT2D eigenvalue weighted by Gasteiger charge is -2.12. The van der Waals surface area contributed by atoms with Crippen molar-refractivity contribution in [2.75, 3.05) is 6.54 Å². The highest BCUT2D eigenvalue weighted by molar-refractivity contribution is 5.87. The smallest absolute Gasteiger partial charge is 0.316 e. The first kappa shape index (κ1) is 12.9. The number of carbonyl (C=O) groups excluding carboxylic acids is 2. The molecule has 1 heterocycles. The summed E-state index contributed by atoms with van der Waals surface area (Å²) in [6.45, 7) is 0.644. The third-order valence-electron chi connectivity index (χ3n) is 3.36. The van der Waals surface area contributed by atoms with Crippen LogP contribution in [0.5, 0.6) is 0 Å². The van der Waals surface area contributed by atoms with Crippen LogP contribution in [0.4, 0.5) is 0 Å². The summed E-state index contributed by atoms with van der Waals surface area (Å²) < 4.78 is 0. The van der Waals surface area contributed by atoms with Gasteiger partial charge in [-0.1, -0.05) is 35.2 Å². The standard InChI is InChI=1S/C14H18N2O2/c15-13(9-11-5-2-1-3-6-11)14(18)16-8-4-7-12(16)10-17/h1-3,5-6,10,12-13H,4,7-9,15H2/q+1/t12-,13-/m0/s1. The summed E-state index contributed by atoms with van der Waals surface area (Å²) in [6.07, 6.45) is 3.00. The van der Waals surface area contributed by atoms with Gasteiger partial charge in [-0.05, 0) is 5.56 Å². The van der Waals surface area contributed by atoms with Gasteiger partial charge in [0.25, 0.3) is 0 Å². The van der Waals surface area contributed by atoms with Gasteiger partial charge in [0.15, 0.2) is 12.3 Å². The summed E-state index contributed by atoms with van der Waals surface area (Å²) >= 11 is 0. The Kier molecular flexibility index (Phi) is 4.23. The molecular weight excluding hydrogens is 228 g/mol. The van der Waals surface area contributed by atoms with Gasteiger partial charge >= 0.3 is 5.91 Å². The van der Waals surface area contributed by atoms with Crippen LogP contribution in [0.15, 0.2) is 30.3 Å². The largest absolute Gasteiger partial charge is 0.378 e. The zero-order valence-corrected chi connectivity index (χ0v) is 10.3. The predicted molar refractivity (Wildman–Crippen MR) is 69.2 cm³/mol. The molecule has 1 radical (unpaired) electrons. The molecule has 0 saturated carbocycles. The zero-order chi connectivity index (χ0) is 13.0. The summed E-state index contributed by atoms with van der Waals surface area (Å²) in [5.74, 6) is -0.117. The number of benzene rings is 1. The van der Waals surface area contributed by atoms with Gasteiger partial charge in [0, 0.05) is 19.3 Å². The van der Waals surface area contributed by atoms with Gasteiger partial charge in [-0.2, -0.15) is 0 Å². The highest BCUT2D eigenvalue weighted by Gasteiger charge is 2.42. The first-order valence-electron chi connectivity index (χ1n) is 6.27. The maximum absolute atomic E-state index is 12.2. The van der Waals surface area contributed by atoms with Crippen molar-refractivity contribution in [1.29, 1.82) is 0 Å². The van der Waals surface area contributed by atoms with E-state index in [0.29, 0.717) is 13.0 Å². The van der Waals surface area contributed by atoms with Gasteiger partial charge in [-0.25, -0.2) is 4.79 Å². The van der Waals surface area contributed by atoms with E-state index in [-0.39, 0.29) is 11.9 Å². The van der Waals surface area contributed by atoms with Crippen LogP contribution in [0.25, 0.3) is 0 Å². The Hall–Kier alpha value is -1.52. The fourth-order valence-electron chi connectivity index (χ4n) is 2.38. The van der Waals surface area contributed by atoms with Gasteiger partial charge in [0.2, 0.25) is 0 Å². The number of likely N-dealkylation sites (tertiary alicyclic amines) is 1. The molecule has 2 N–H and O–H groups in total. The average Bonchev–Trinajstić information content (AvgIpc) is 2.87. The number of amides is 1. The molecule has 0 aromatic heterocycles. The van der Waals surface area contributed by atoms with E-state index in [1.54, 1.807) is 4.90 Å². The van der Waals surface area contributed by atoms with E-state index >= 15 is 0 Å². The molecular formula is C14H18N2O2+. The van der Waals surface area contributed by atoms with Crippen LogP contribution in [-0.4, -0.2) is 30.8 Å². The highest BCUT2D eigenvalue weighted by Crippen LogP contribution is 2.14. The molecule has 0 bridgehead atoms. The lowest BCUT2D eigenvalue weighted by atomic mass is 10.1. The number of hydrogen-bond donors (Lipinski definition) is 1. The van der Waals surface area contributed by atoms with Crippen molar-refractivity contribution >= 4 is 12.2 Å². The molecule has 4 heteroatoms. The molecule has 18 heavy (non-hydrogen) atoms. The van der Waals surface area contributed by atoms with Crippen LogP contribution in [0.2, 0.25) is 0 Å². The third-order valence-corrected chi connectivity index (χ3v) is 3.36. The Labute approximate surface area is 107 Å². The minimum absolute atomic E-state index is 0.117. The summed E-state index contributed by atoms with van der Waals surface area (Å²) in [7, 11) is 0. The van der Waals surface area contributed by atoms with E-state index in [1.807, 2.05) is 30.3 Å². The molecule has 0 spiro atoms. The number of nitrogens with zero attached hydrogens (tertiary/aromatic N) is 1. The van der Waals surface area contributed by atoms with Gasteiger partial charge in [0.1, 0.15) is 12.6 Å². The Morgan fingerprint density at radius 1 is 1.44 bits per heavy atom. The quantitative estimate of drug-likeness (QED) is 0.624. The summed E-state index contributed by atoms with van der Waals surface area (Å²) in [4.78, 5) is 24.6. The number of nitrogens with two attached hydrogens (primary N) is 1. The molecule has 95 valence electrons. The van der Waals surface area contributed by atoms with Crippen molar-refractivity contribution in [3.05, 3.63) is 35.9 Å². The SMILES string of the molecule is N[C@@H](Cc1ccccc1)C(=O)[N+]1CCC[C@H]1C=O. The molecule has 2 atom stereocenters. The van der Waals surface area contributed by atoms with Crippen LogP contribution >= 0.6 is 0 Å². The molecule has 0 unspecified atom stereocenters. The normalized spacial score (nSPS) is 21.7. The first-order valence-corrected chi connectivity index (χ1v) is 6.27. The molecule has 1 fully saturated rings. The maximum atomic E-state index is 12.2. The first-order chi connectivity index (χ1) is 8.72. The molecule has 2 rings (SSSR count). The monoisotopic (exact) mass is 246 g/mol. The van der Waals surface area contributed by atoms with E-state index in [9.17, 15) is 9.59 Å². The molecule has 1 saturated heterocycles. The summed E-state index contributed by atoms with van der Waals surface area (Å²) in [6, 6.07) is 8.85. The lowest BCUT2D eigenvalue weighted by molar-refractivity contribution is -0.129. The topological polar surface area (TPSA) is 66.1 Å². The van der Waals surface area contributed by atoms with E-state index < -0.39 is 6.04 Å². The summed E-state index contributed by atoms with van der Waals surface area (Å²) in [5, 5.41) is 0. The third kappa shape index (κ3) is 2.83. The predicted octanol–water partition coefficient (Wildman–Crippen LogP) is 0.584. The minimum atomic E-state index is -0.562. The summed E-state index contributed by atoms with van der Waals surface area (Å²) in [5.41, 5.74) is 6.98. The van der Waals surface area contributed by atoms with E-state index in [0.717, 1.165) is 24.7 Å². The van der Waals surface area contributed by atoms with Crippen molar-refractivity contribution in [2.24, 2.45) is 5.73 Å². The number of rotatable bonds is 4.